The fourth-order valence-electron chi connectivity index (χ4n) is 0.316. The molecule has 0 unspecified atom stereocenters. The number of carbonyl (C=O) groups excluding carboxylic acids is 2. The van der Waals surface area contributed by atoms with E-state index in [4.69, 9.17) is 5.73 Å². The average molecular weight is 146 g/mol. The van der Waals surface area contributed by atoms with E-state index in [0.29, 0.717) is 0 Å². The molecule has 0 aromatic carbocycles. The molecule has 0 aliphatic rings. The van der Waals surface area contributed by atoms with Crippen LogP contribution in [0.25, 0.3) is 0 Å². The van der Waals surface area contributed by atoms with Crippen LogP contribution in [0.15, 0.2) is 0 Å². The zero-order valence-electron chi connectivity index (χ0n) is 5.72. The van der Waals surface area contributed by atoms with Crippen molar-refractivity contribution in [1.29, 1.82) is 0 Å². The maximum absolute atomic E-state index is 10.4. The van der Waals surface area contributed by atoms with E-state index in [2.05, 4.69) is 10.1 Å². The summed E-state index contributed by atoms with van der Waals surface area (Å²) in [5, 5.41) is 2.32. The molecule has 0 heterocycles. The van der Waals surface area contributed by atoms with Gasteiger partial charge in [-0.05, 0) is 0 Å². The topological polar surface area (TPSA) is 81.4 Å². The van der Waals surface area contributed by atoms with Crippen LogP contribution in [0.4, 0.5) is 0 Å². The number of carbonyl (C=O) groups is 2. The van der Waals surface area contributed by atoms with E-state index in [1.807, 2.05) is 0 Å². The monoisotopic (exact) mass is 146 g/mol. The van der Waals surface area contributed by atoms with E-state index >= 15 is 0 Å². The molecular weight excluding hydrogens is 136 g/mol. The standard InChI is InChI=1S/C5H10N2O3/c1-7-5(9)3-10-2-4(6)8/h2-3H2,1H3,(H2,6,8)(H,7,9). The van der Waals surface area contributed by atoms with E-state index in [1.165, 1.54) is 7.05 Å². The van der Waals surface area contributed by atoms with Crippen LogP contribution in [-0.4, -0.2) is 32.1 Å². The first-order valence-electron chi connectivity index (χ1n) is 2.73. The molecule has 5 nitrogen and oxygen atoms in total. The van der Waals surface area contributed by atoms with Crippen molar-refractivity contribution in [3.8, 4) is 0 Å². The lowest BCUT2D eigenvalue weighted by molar-refractivity contribution is -0.129. The van der Waals surface area contributed by atoms with Crippen molar-refractivity contribution in [2.24, 2.45) is 5.73 Å². The highest BCUT2D eigenvalue weighted by molar-refractivity contribution is 5.78. The molecule has 0 saturated carbocycles. The van der Waals surface area contributed by atoms with E-state index in [0.717, 1.165) is 0 Å². The first-order chi connectivity index (χ1) is 4.66. The van der Waals surface area contributed by atoms with Crippen LogP contribution < -0.4 is 11.1 Å². The lowest BCUT2D eigenvalue weighted by Gasteiger charge is -1.98. The second-order valence-corrected chi connectivity index (χ2v) is 1.63. The molecule has 0 aliphatic carbocycles. The minimum absolute atomic E-state index is 0.126. The second kappa shape index (κ2) is 4.75. The lowest BCUT2D eigenvalue weighted by Crippen LogP contribution is -2.26. The zero-order chi connectivity index (χ0) is 7.98. The third kappa shape index (κ3) is 5.04. The van der Waals surface area contributed by atoms with Gasteiger partial charge in [0.05, 0.1) is 0 Å². The number of rotatable bonds is 4. The van der Waals surface area contributed by atoms with Gasteiger partial charge in [0, 0.05) is 7.05 Å². The number of hydrogen-bond donors (Lipinski definition) is 2. The predicted molar refractivity (Wildman–Crippen MR) is 34.1 cm³/mol. The van der Waals surface area contributed by atoms with Crippen molar-refractivity contribution in [3.63, 3.8) is 0 Å². The first-order valence-corrected chi connectivity index (χ1v) is 2.73. The third-order valence-electron chi connectivity index (χ3n) is 0.756. The van der Waals surface area contributed by atoms with Gasteiger partial charge in [0.15, 0.2) is 0 Å². The molecule has 0 saturated heterocycles. The summed E-state index contributed by atoms with van der Waals surface area (Å²) in [4.78, 5) is 20.4. The van der Waals surface area contributed by atoms with Gasteiger partial charge in [-0.3, -0.25) is 9.59 Å². The van der Waals surface area contributed by atoms with Crippen molar-refractivity contribution in [2.45, 2.75) is 0 Å². The van der Waals surface area contributed by atoms with Crippen molar-refractivity contribution in [3.05, 3.63) is 0 Å². The third-order valence-corrected chi connectivity index (χ3v) is 0.756. The Morgan fingerprint density at radius 1 is 1.50 bits per heavy atom. The molecule has 5 heteroatoms. The molecule has 10 heavy (non-hydrogen) atoms. The van der Waals surface area contributed by atoms with Crippen LogP contribution >= 0.6 is 0 Å². The van der Waals surface area contributed by atoms with Crippen LogP contribution in [0.2, 0.25) is 0 Å². The van der Waals surface area contributed by atoms with Crippen molar-refractivity contribution >= 4 is 11.8 Å². The molecule has 2 amide bonds. The molecule has 0 aliphatic heterocycles. The molecule has 0 radical (unpaired) electrons. The van der Waals surface area contributed by atoms with Gasteiger partial charge in [-0.25, -0.2) is 0 Å². The zero-order valence-corrected chi connectivity index (χ0v) is 5.72. The minimum Gasteiger partial charge on any atom is -0.368 e. The Bertz CT molecular complexity index is 135. The van der Waals surface area contributed by atoms with E-state index in [9.17, 15) is 9.59 Å². The summed E-state index contributed by atoms with van der Waals surface area (Å²) in [6.45, 7) is -0.340. The van der Waals surface area contributed by atoms with E-state index in [1.54, 1.807) is 0 Å². The first kappa shape index (κ1) is 8.90. The maximum Gasteiger partial charge on any atom is 0.245 e. The molecule has 0 fully saturated rings. The summed E-state index contributed by atoms with van der Waals surface area (Å²) in [5.41, 5.74) is 4.72. The Hall–Kier alpha value is -1.10. The quantitative estimate of drug-likeness (QED) is 0.492. The number of nitrogens with two attached hydrogens (primary N) is 1. The Morgan fingerprint density at radius 3 is 2.50 bits per heavy atom. The minimum atomic E-state index is -0.580. The highest BCUT2D eigenvalue weighted by Gasteiger charge is 1.98. The summed E-state index contributed by atoms with van der Waals surface area (Å²) in [5.74, 6) is -0.856. The summed E-state index contributed by atoms with van der Waals surface area (Å²) in [6.07, 6.45) is 0. The van der Waals surface area contributed by atoms with Crippen molar-refractivity contribution < 1.29 is 14.3 Å². The molecule has 0 aromatic heterocycles. The van der Waals surface area contributed by atoms with Gasteiger partial charge in [0.25, 0.3) is 0 Å². The Labute approximate surface area is 58.5 Å². The fourth-order valence-corrected chi connectivity index (χ4v) is 0.316. The summed E-state index contributed by atoms with van der Waals surface area (Å²) >= 11 is 0. The van der Waals surface area contributed by atoms with Crippen molar-refractivity contribution in [1.82, 2.24) is 5.32 Å². The number of amides is 2. The summed E-state index contributed by atoms with van der Waals surface area (Å²) < 4.78 is 4.56. The van der Waals surface area contributed by atoms with Crippen LogP contribution in [0.1, 0.15) is 0 Å². The van der Waals surface area contributed by atoms with Crippen molar-refractivity contribution in [2.75, 3.05) is 20.3 Å². The molecule has 0 atom stereocenters. The number of primary amides is 1. The average Bonchev–Trinajstić information content (AvgIpc) is 1.87. The Balaban J connectivity index is 3.20. The van der Waals surface area contributed by atoms with Gasteiger partial charge in [-0.15, -0.1) is 0 Å². The second-order valence-electron chi connectivity index (χ2n) is 1.63. The number of likely N-dealkylation sites (N-methyl/N-ethyl adjacent to an activating group) is 1. The number of ether oxygens (including phenoxy) is 1. The van der Waals surface area contributed by atoms with Gasteiger partial charge in [-0.2, -0.15) is 0 Å². The van der Waals surface area contributed by atoms with Crippen LogP contribution in [0.3, 0.4) is 0 Å². The number of nitrogens with one attached hydrogen (secondary N) is 1. The summed E-state index contributed by atoms with van der Waals surface area (Å²) in [7, 11) is 1.48. The highest BCUT2D eigenvalue weighted by Crippen LogP contribution is 1.72. The molecule has 0 aromatic rings. The van der Waals surface area contributed by atoms with E-state index in [-0.39, 0.29) is 19.1 Å². The Morgan fingerprint density at radius 2 is 2.10 bits per heavy atom. The summed E-state index contributed by atoms with van der Waals surface area (Å²) in [6, 6.07) is 0. The van der Waals surface area contributed by atoms with Crippen LogP contribution in [-0.2, 0) is 14.3 Å². The van der Waals surface area contributed by atoms with Crippen LogP contribution in [0.5, 0.6) is 0 Å². The molecule has 0 rings (SSSR count). The number of hydrogen-bond acceptors (Lipinski definition) is 3. The lowest BCUT2D eigenvalue weighted by atomic mass is 10.6. The van der Waals surface area contributed by atoms with Gasteiger partial charge in [0.2, 0.25) is 11.8 Å². The van der Waals surface area contributed by atoms with Gasteiger partial charge < -0.3 is 15.8 Å². The maximum atomic E-state index is 10.4. The smallest absolute Gasteiger partial charge is 0.245 e. The van der Waals surface area contributed by atoms with Gasteiger partial charge >= 0.3 is 0 Å². The largest absolute Gasteiger partial charge is 0.368 e. The molecular formula is C5H10N2O3. The molecule has 58 valence electrons. The fraction of sp³-hybridized carbons (Fsp3) is 0.600. The molecule has 3 N–H and O–H groups in total. The molecule has 0 spiro atoms. The predicted octanol–water partition coefficient (Wildman–Crippen LogP) is -1.77. The Kier molecular flexibility index (Phi) is 4.23. The van der Waals surface area contributed by atoms with E-state index < -0.39 is 5.91 Å². The van der Waals surface area contributed by atoms with Crippen LogP contribution in [0, 0.1) is 0 Å². The highest BCUT2D eigenvalue weighted by atomic mass is 16.5. The van der Waals surface area contributed by atoms with Gasteiger partial charge in [0.1, 0.15) is 13.2 Å². The van der Waals surface area contributed by atoms with Gasteiger partial charge in [-0.1, -0.05) is 0 Å². The normalized spacial score (nSPS) is 8.90. The SMILES string of the molecule is CNC(=O)COCC(N)=O. The molecule has 0 bridgehead atoms.